The summed E-state index contributed by atoms with van der Waals surface area (Å²) in [6.07, 6.45) is 8.43. The molecule has 1 fully saturated rings. The van der Waals surface area contributed by atoms with Crippen molar-refractivity contribution >= 4 is 5.91 Å². The summed E-state index contributed by atoms with van der Waals surface area (Å²) in [5.41, 5.74) is 1.01. The topological polar surface area (TPSA) is 67.4 Å². The van der Waals surface area contributed by atoms with E-state index in [1.807, 2.05) is 12.3 Å². The molecule has 2 heterocycles. The van der Waals surface area contributed by atoms with Gasteiger partial charge in [0.2, 0.25) is 5.91 Å². The number of carbonyl (C=O) groups excluding carboxylic acids is 1. The van der Waals surface area contributed by atoms with Gasteiger partial charge >= 0.3 is 0 Å². The lowest BCUT2D eigenvalue weighted by Crippen LogP contribution is -2.48. The highest BCUT2D eigenvalue weighted by atomic mass is 16.5. The third kappa shape index (κ3) is 5.09. The van der Waals surface area contributed by atoms with Crippen LogP contribution in [0.15, 0.2) is 24.4 Å². The number of hydrogen-bond donors (Lipinski definition) is 1. The monoisotopic (exact) mass is 344 g/mol. The van der Waals surface area contributed by atoms with E-state index >= 15 is 0 Å². The fourth-order valence-electron chi connectivity index (χ4n) is 3.31. The standard InChI is InChI=1S/C19H28N4O2/c1-14(2)19-20-8-7-16(22-19)12-23-9-10-25-13-17(23)11-18(24)21-15-5-3-4-6-15/h3-4,7-8,14-15,17H,5-6,9-13H2,1-2H3,(H,21,24). The molecule has 0 spiro atoms. The Morgan fingerprint density at radius 1 is 1.40 bits per heavy atom. The van der Waals surface area contributed by atoms with E-state index in [4.69, 9.17) is 4.74 Å². The van der Waals surface area contributed by atoms with Crippen molar-refractivity contribution in [2.24, 2.45) is 0 Å². The van der Waals surface area contributed by atoms with Gasteiger partial charge in [-0.3, -0.25) is 9.69 Å². The van der Waals surface area contributed by atoms with Crippen LogP contribution in [0.2, 0.25) is 0 Å². The fourth-order valence-corrected chi connectivity index (χ4v) is 3.31. The third-order valence-corrected chi connectivity index (χ3v) is 4.76. The van der Waals surface area contributed by atoms with Crippen LogP contribution >= 0.6 is 0 Å². The predicted octanol–water partition coefficient (Wildman–Crippen LogP) is 2.03. The lowest BCUT2D eigenvalue weighted by molar-refractivity contribution is -0.125. The molecule has 0 aromatic carbocycles. The highest BCUT2D eigenvalue weighted by Crippen LogP contribution is 2.16. The Labute approximate surface area is 149 Å². The molecule has 6 heteroatoms. The first-order chi connectivity index (χ1) is 12.1. The Balaban J connectivity index is 1.58. The number of nitrogens with zero attached hydrogens (tertiary/aromatic N) is 3. The zero-order valence-corrected chi connectivity index (χ0v) is 15.1. The van der Waals surface area contributed by atoms with Crippen molar-refractivity contribution in [2.75, 3.05) is 19.8 Å². The molecule has 136 valence electrons. The highest BCUT2D eigenvalue weighted by Gasteiger charge is 2.27. The Morgan fingerprint density at radius 3 is 2.96 bits per heavy atom. The lowest BCUT2D eigenvalue weighted by Gasteiger charge is -2.35. The van der Waals surface area contributed by atoms with Gasteiger partial charge in [0.1, 0.15) is 5.82 Å². The Morgan fingerprint density at radius 2 is 2.20 bits per heavy atom. The number of carbonyl (C=O) groups is 1. The van der Waals surface area contributed by atoms with E-state index in [0.717, 1.165) is 37.4 Å². The van der Waals surface area contributed by atoms with Crippen LogP contribution in [-0.4, -0.2) is 52.6 Å². The van der Waals surface area contributed by atoms with Gasteiger partial charge in [-0.05, 0) is 18.9 Å². The van der Waals surface area contributed by atoms with Crippen LogP contribution < -0.4 is 5.32 Å². The van der Waals surface area contributed by atoms with Crippen LogP contribution in [0.5, 0.6) is 0 Å². The second-order valence-corrected chi connectivity index (χ2v) is 7.17. The van der Waals surface area contributed by atoms with Crippen molar-refractivity contribution in [2.45, 2.75) is 57.7 Å². The second-order valence-electron chi connectivity index (χ2n) is 7.17. The molecule has 1 N–H and O–H groups in total. The Hall–Kier alpha value is -1.79. The summed E-state index contributed by atoms with van der Waals surface area (Å²) in [6.45, 7) is 7.04. The molecule has 1 atom stereocenters. The van der Waals surface area contributed by atoms with Gasteiger partial charge in [-0.2, -0.15) is 0 Å². The molecular formula is C19H28N4O2. The molecule has 1 aromatic heterocycles. The number of nitrogens with one attached hydrogen (secondary N) is 1. The maximum absolute atomic E-state index is 12.4. The molecule has 1 amide bonds. The number of morpholine rings is 1. The van der Waals surface area contributed by atoms with Gasteiger partial charge in [-0.25, -0.2) is 9.97 Å². The SMILES string of the molecule is CC(C)c1nccc(CN2CCOCC2CC(=O)NC2CC=CC2)n1. The fraction of sp³-hybridized carbons (Fsp3) is 0.632. The minimum atomic E-state index is 0.0978. The van der Waals surface area contributed by atoms with Gasteiger partial charge in [0.25, 0.3) is 0 Å². The molecule has 1 aliphatic carbocycles. The number of ether oxygens (including phenoxy) is 1. The first-order valence-corrected chi connectivity index (χ1v) is 9.20. The van der Waals surface area contributed by atoms with Crippen LogP contribution in [-0.2, 0) is 16.1 Å². The molecule has 1 unspecified atom stereocenters. The van der Waals surface area contributed by atoms with Crippen LogP contribution in [0, 0.1) is 0 Å². The first-order valence-electron chi connectivity index (χ1n) is 9.20. The van der Waals surface area contributed by atoms with Crippen LogP contribution in [0.25, 0.3) is 0 Å². The summed E-state index contributed by atoms with van der Waals surface area (Å²) in [5.74, 6) is 1.29. The van der Waals surface area contributed by atoms with Crippen molar-refractivity contribution in [3.63, 3.8) is 0 Å². The van der Waals surface area contributed by atoms with Gasteiger partial charge in [-0.15, -0.1) is 0 Å². The minimum Gasteiger partial charge on any atom is -0.378 e. The lowest BCUT2D eigenvalue weighted by atomic mass is 10.1. The first kappa shape index (κ1) is 18.0. The third-order valence-electron chi connectivity index (χ3n) is 4.76. The maximum atomic E-state index is 12.4. The summed E-state index contributed by atoms with van der Waals surface area (Å²) in [5, 5.41) is 3.13. The number of hydrogen-bond acceptors (Lipinski definition) is 5. The van der Waals surface area contributed by atoms with E-state index in [9.17, 15) is 4.79 Å². The van der Waals surface area contributed by atoms with E-state index < -0.39 is 0 Å². The summed E-state index contributed by atoms with van der Waals surface area (Å²) >= 11 is 0. The summed E-state index contributed by atoms with van der Waals surface area (Å²) in [6, 6.07) is 2.32. The average molecular weight is 344 g/mol. The zero-order chi connectivity index (χ0) is 17.6. The molecule has 2 aliphatic rings. The maximum Gasteiger partial charge on any atom is 0.221 e. The summed E-state index contributed by atoms with van der Waals surface area (Å²) < 4.78 is 5.62. The molecule has 3 rings (SSSR count). The molecule has 1 aromatic rings. The van der Waals surface area contributed by atoms with Crippen molar-refractivity contribution in [3.8, 4) is 0 Å². The highest BCUT2D eigenvalue weighted by molar-refractivity contribution is 5.77. The van der Waals surface area contributed by atoms with Crippen LogP contribution in [0.1, 0.15) is 50.5 Å². The molecule has 1 aliphatic heterocycles. The molecule has 1 saturated heterocycles. The van der Waals surface area contributed by atoms with Gasteiger partial charge in [-0.1, -0.05) is 26.0 Å². The van der Waals surface area contributed by atoms with Gasteiger partial charge in [0.15, 0.2) is 0 Å². The minimum absolute atomic E-state index is 0.0978. The van der Waals surface area contributed by atoms with Crippen molar-refractivity contribution in [3.05, 3.63) is 35.9 Å². The molecule has 6 nitrogen and oxygen atoms in total. The summed E-state index contributed by atoms with van der Waals surface area (Å²) in [4.78, 5) is 23.7. The predicted molar refractivity (Wildman–Crippen MR) is 96.1 cm³/mol. The Bertz CT molecular complexity index is 609. The van der Waals surface area contributed by atoms with E-state index in [-0.39, 0.29) is 18.0 Å². The number of amides is 1. The van der Waals surface area contributed by atoms with E-state index in [1.54, 1.807) is 0 Å². The summed E-state index contributed by atoms with van der Waals surface area (Å²) in [7, 11) is 0. The van der Waals surface area contributed by atoms with E-state index in [1.165, 1.54) is 0 Å². The van der Waals surface area contributed by atoms with Crippen LogP contribution in [0.3, 0.4) is 0 Å². The van der Waals surface area contributed by atoms with Gasteiger partial charge in [0.05, 0.1) is 18.9 Å². The molecule has 25 heavy (non-hydrogen) atoms. The number of rotatable bonds is 6. The molecule has 0 saturated carbocycles. The van der Waals surface area contributed by atoms with Gasteiger partial charge in [0, 0.05) is 43.7 Å². The normalized spacial score (nSPS) is 21.8. The molecular weight excluding hydrogens is 316 g/mol. The quantitative estimate of drug-likeness (QED) is 0.800. The Kier molecular flexibility index (Phi) is 6.15. The largest absolute Gasteiger partial charge is 0.378 e. The molecule has 0 radical (unpaired) electrons. The van der Waals surface area contributed by atoms with Crippen LogP contribution in [0.4, 0.5) is 0 Å². The van der Waals surface area contributed by atoms with Gasteiger partial charge < -0.3 is 10.1 Å². The average Bonchev–Trinajstić information content (AvgIpc) is 3.10. The molecule has 0 bridgehead atoms. The van der Waals surface area contributed by atoms with Crippen molar-refractivity contribution in [1.29, 1.82) is 0 Å². The van der Waals surface area contributed by atoms with E-state index in [0.29, 0.717) is 25.6 Å². The number of aromatic nitrogens is 2. The zero-order valence-electron chi connectivity index (χ0n) is 15.1. The van der Waals surface area contributed by atoms with Crippen molar-refractivity contribution in [1.82, 2.24) is 20.2 Å². The second kappa shape index (κ2) is 8.54. The van der Waals surface area contributed by atoms with Crippen molar-refractivity contribution < 1.29 is 9.53 Å². The smallest absolute Gasteiger partial charge is 0.221 e. The van der Waals surface area contributed by atoms with E-state index in [2.05, 4.69) is 46.2 Å².